The van der Waals surface area contributed by atoms with E-state index < -0.39 is 0 Å². The topological polar surface area (TPSA) is 38.9 Å². The summed E-state index contributed by atoms with van der Waals surface area (Å²) in [6, 6.07) is 12.3. The summed E-state index contributed by atoms with van der Waals surface area (Å²) in [4.78, 5) is 6.74. The van der Waals surface area contributed by atoms with E-state index in [1.807, 2.05) is 45.6 Å². The van der Waals surface area contributed by atoms with E-state index in [1.165, 1.54) is 19.3 Å². The highest BCUT2D eigenvalue weighted by Gasteiger charge is 2.49. The lowest BCUT2D eigenvalue weighted by Crippen LogP contribution is -2.35. The van der Waals surface area contributed by atoms with Gasteiger partial charge in [0.25, 0.3) is 0 Å². The van der Waals surface area contributed by atoms with Crippen LogP contribution < -0.4 is 0 Å². The monoisotopic (exact) mass is 453 g/mol. The highest BCUT2D eigenvalue weighted by molar-refractivity contribution is 7.71. The number of fused-ring (bicyclic) bond motifs is 2. The Bertz CT molecular complexity index is 1150. The summed E-state index contributed by atoms with van der Waals surface area (Å²) in [6.45, 7) is 9.07. The Labute approximate surface area is 193 Å². The van der Waals surface area contributed by atoms with Crippen molar-refractivity contribution in [2.45, 2.75) is 52.7 Å². The molecule has 3 heterocycles. The Morgan fingerprint density at radius 3 is 2.48 bits per heavy atom. The molecule has 31 heavy (non-hydrogen) atoms. The third-order valence-corrected chi connectivity index (χ3v) is 7.35. The summed E-state index contributed by atoms with van der Waals surface area (Å²) in [7, 11) is 0. The van der Waals surface area contributed by atoms with Crippen molar-refractivity contribution in [3.63, 3.8) is 0 Å². The molecule has 2 aromatic heterocycles. The Balaban J connectivity index is 1.55. The molecule has 162 valence electrons. The second-order valence-corrected chi connectivity index (χ2v) is 11.1. The first-order chi connectivity index (χ1) is 14.7. The molecule has 1 saturated heterocycles. The molecule has 0 N–H and O–H groups in total. The maximum atomic E-state index is 6.13. The molecule has 0 unspecified atom stereocenters. The van der Waals surface area contributed by atoms with Gasteiger partial charge >= 0.3 is 0 Å². The molecular weight excluding hydrogens is 426 g/mol. The summed E-state index contributed by atoms with van der Waals surface area (Å²) in [5, 5.41) is 5.69. The van der Waals surface area contributed by atoms with Gasteiger partial charge in [-0.15, -0.1) is 5.10 Å². The lowest BCUT2D eigenvalue weighted by molar-refractivity contribution is 0.119. The molecule has 5 rings (SSSR count). The van der Waals surface area contributed by atoms with E-state index in [2.05, 4.69) is 30.7 Å². The maximum absolute atomic E-state index is 6.13. The molecule has 7 heteroatoms. The average Bonchev–Trinajstić information content (AvgIpc) is 3.15. The van der Waals surface area contributed by atoms with Crippen molar-refractivity contribution < 1.29 is 0 Å². The number of benzene rings is 1. The van der Waals surface area contributed by atoms with E-state index in [1.54, 1.807) is 12.4 Å². The van der Waals surface area contributed by atoms with Crippen molar-refractivity contribution in [1.29, 1.82) is 0 Å². The summed E-state index contributed by atoms with van der Waals surface area (Å²) < 4.78 is 4.71. The molecule has 0 amide bonds. The fraction of sp³-hybridized carbons (Fsp3) is 0.458. The Hall–Kier alpha value is -2.02. The SMILES string of the molecule is CC1(C)C[C@H]2C[C@@](C)(CN2Cn2nc(-c3ccncc3)n(-c3ccc(Cl)cc3)c2=S)C1. The van der Waals surface area contributed by atoms with E-state index >= 15 is 0 Å². The minimum absolute atomic E-state index is 0.376. The van der Waals surface area contributed by atoms with Crippen molar-refractivity contribution in [1.82, 2.24) is 24.2 Å². The van der Waals surface area contributed by atoms with Crippen molar-refractivity contribution >= 4 is 23.8 Å². The van der Waals surface area contributed by atoms with Crippen LogP contribution in [0.2, 0.25) is 5.02 Å². The van der Waals surface area contributed by atoms with E-state index in [-0.39, 0.29) is 0 Å². The van der Waals surface area contributed by atoms with E-state index in [0.717, 1.165) is 23.6 Å². The van der Waals surface area contributed by atoms with Crippen LogP contribution in [-0.2, 0) is 6.67 Å². The van der Waals surface area contributed by atoms with Gasteiger partial charge in [-0.2, -0.15) is 0 Å². The molecule has 1 aromatic carbocycles. The van der Waals surface area contributed by atoms with Gasteiger partial charge in [0, 0.05) is 35.6 Å². The number of hydrogen-bond acceptors (Lipinski definition) is 4. The highest BCUT2D eigenvalue weighted by Crippen LogP contribution is 2.52. The van der Waals surface area contributed by atoms with Gasteiger partial charge in [-0.3, -0.25) is 14.5 Å². The Kier molecular flexibility index (Phi) is 5.07. The van der Waals surface area contributed by atoms with E-state index in [9.17, 15) is 0 Å². The predicted molar refractivity (Wildman–Crippen MR) is 127 cm³/mol. The molecule has 5 nitrogen and oxygen atoms in total. The first-order valence-corrected chi connectivity index (χ1v) is 11.6. The molecule has 2 aliphatic rings. The van der Waals surface area contributed by atoms with Crippen LogP contribution in [0.3, 0.4) is 0 Å². The third kappa shape index (κ3) is 3.97. The van der Waals surface area contributed by atoms with Gasteiger partial charge in [0.15, 0.2) is 5.82 Å². The highest BCUT2D eigenvalue weighted by atomic mass is 35.5. The molecule has 1 aliphatic heterocycles. The van der Waals surface area contributed by atoms with Crippen LogP contribution in [0.1, 0.15) is 40.0 Å². The molecule has 1 aliphatic carbocycles. The van der Waals surface area contributed by atoms with Gasteiger partial charge in [0.2, 0.25) is 4.77 Å². The zero-order valence-electron chi connectivity index (χ0n) is 18.3. The van der Waals surface area contributed by atoms with Crippen molar-refractivity contribution in [2.24, 2.45) is 10.8 Å². The van der Waals surface area contributed by atoms with Gasteiger partial charge in [0.05, 0.1) is 12.4 Å². The number of rotatable bonds is 4. The molecule has 2 fully saturated rings. The van der Waals surface area contributed by atoms with Crippen LogP contribution in [-0.4, -0.2) is 36.8 Å². The van der Waals surface area contributed by atoms with Crippen molar-refractivity contribution in [3.8, 4) is 17.1 Å². The predicted octanol–water partition coefficient (Wildman–Crippen LogP) is 5.98. The number of halogens is 1. The van der Waals surface area contributed by atoms with Crippen molar-refractivity contribution in [2.75, 3.05) is 6.54 Å². The van der Waals surface area contributed by atoms with Crippen LogP contribution in [0.15, 0.2) is 48.8 Å². The summed E-state index contributed by atoms with van der Waals surface area (Å²) in [6.07, 6.45) is 7.34. The van der Waals surface area contributed by atoms with Crippen molar-refractivity contribution in [3.05, 3.63) is 58.6 Å². The lowest BCUT2D eigenvalue weighted by atomic mass is 9.65. The van der Waals surface area contributed by atoms with Crippen LogP contribution in [0.4, 0.5) is 0 Å². The summed E-state index contributed by atoms with van der Waals surface area (Å²) in [5.41, 5.74) is 2.71. The molecule has 1 saturated carbocycles. The largest absolute Gasteiger partial charge is 0.281 e. The zero-order valence-corrected chi connectivity index (χ0v) is 19.8. The number of likely N-dealkylation sites (tertiary alicyclic amines) is 1. The molecular formula is C24H28ClN5S. The first kappa shape index (κ1) is 20.9. The second kappa shape index (κ2) is 7.54. The first-order valence-electron chi connectivity index (χ1n) is 10.8. The molecule has 2 bridgehead atoms. The smallest absolute Gasteiger partial charge is 0.204 e. The summed E-state index contributed by atoms with van der Waals surface area (Å²) >= 11 is 12.1. The van der Waals surface area contributed by atoms with Crippen LogP contribution in [0, 0.1) is 15.6 Å². The number of pyridine rings is 1. The fourth-order valence-corrected chi connectivity index (χ4v) is 6.34. The molecule has 3 aromatic rings. The van der Waals surface area contributed by atoms with E-state index in [4.69, 9.17) is 28.9 Å². The standard InChI is InChI=1S/C24H28ClN5S/c1-23(2)12-20-13-24(3,14-23)15-28(20)16-29-22(31)30(19-6-4-18(25)5-7-19)21(27-29)17-8-10-26-11-9-17/h4-11,20H,12-16H2,1-3H3/t20-,24+/m0/s1. The van der Waals surface area contributed by atoms with Gasteiger partial charge in [0.1, 0.15) is 0 Å². The maximum Gasteiger partial charge on any atom is 0.204 e. The van der Waals surface area contributed by atoms with Crippen LogP contribution in [0.5, 0.6) is 0 Å². The Morgan fingerprint density at radius 1 is 1.06 bits per heavy atom. The normalized spacial score (nSPS) is 25.1. The molecule has 0 radical (unpaired) electrons. The van der Waals surface area contributed by atoms with E-state index in [0.29, 0.717) is 33.3 Å². The lowest BCUT2D eigenvalue weighted by Gasteiger charge is -2.39. The average molecular weight is 454 g/mol. The zero-order chi connectivity index (χ0) is 21.8. The van der Waals surface area contributed by atoms with Gasteiger partial charge < -0.3 is 0 Å². The molecule has 0 spiro atoms. The Morgan fingerprint density at radius 2 is 1.77 bits per heavy atom. The number of nitrogens with zero attached hydrogens (tertiary/aromatic N) is 5. The van der Waals surface area contributed by atoms with Crippen LogP contribution >= 0.6 is 23.8 Å². The van der Waals surface area contributed by atoms with Gasteiger partial charge in [-0.05, 0) is 78.7 Å². The number of hydrogen-bond donors (Lipinski definition) is 0. The molecule has 2 atom stereocenters. The summed E-state index contributed by atoms with van der Waals surface area (Å²) in [5.74, 6) is 0.823. The minimum atomic E-state index is 0.376. The van der Waals surface area contributed by atoms with Gasteiger partial charge in [-0.1, -0.05) is 32.4 Å². The number of aromatic nitrogens is 4. The third-order valence-electron chi connectivity index (χ3n) is 6.70. The second-order valence-electron chi connectivity index (χ2n) is 10.3. The quantitative estimate of drug-likeness (QED) is 0.455. The van der Waals surface area contributed by atoms with Gasteiger partial charge in [-0.25, -0.2) is 4.68 Å². The van der Waals surface area contributed by atoms with Crippen LogP contribution in [0.25, 0.3) is 17.1 Å². The minimum Gasteiger partial charge on any atom is -0.281 e. The fourth-order valence-electron chi connectivity index (χ4n) is 5.92.